The summed E-state index contributed by atoms with van der Waals surface area (Å²) in [7, 11) is 3.06. The van der Waals surface area contributed by atoms with E-state index in [1.807, 2.05) is 13.8 Å². The average Bonchev–Trinajstić information content (AvgIpc) is 2.98. The topological polar surface area (TPSA) is 74.3 Å². The molecular formula is C21H30ClNO6. The van der Waals surface area contributed by atoms with E-state index in [1.165, 1.54) is 12.0 Å². The lowest BCUT2D eigenvalue weighted by Gasteiger charge is -2.32. The molecule has 7 nitrogen and oxygen atoms in total. The van der Waals surface area contributed by atoms with Gasteiger partial charge in [0.1, 0.15) is 17.1 Å². The molecule has 0 N–H and O–H groups in total. The zero-order valence-corrected chi connectivity index (χ0v) is 18.8. The Morgan fingerprint density at radius 3 is 2.34 bits per heavy atom. The van der Waals surface area contributed by atoms with Gasteiger partial charge in [-0.1, -0.05) is 13.8 Å². The van der Waals surface area contributed by atoms with Crippen LogP contribution in [-0.2, 0) is 14.3 Å². The minimum atomic E-state index is -0.969. The van der Waals surface area contributed by atoms with Crippen molar-refractivity contribution >= 4 is 22.9 Å². The Bertz CT molecular complexity index is 745. The fraction of sp³-hybridized carbons (Fsp3) is 0.619. The van der Waals surface area contributed by atoms with Crippen molar-refractivity contribution in [2.45, 2.75) is 65.0 Å². The van der Waals surface area contributed by atoms with Crippen molar-refractivity contribution in [1.29, 1.82) is 0 Å². The van der Waals surface area contributed by atoms with E-state index < -0.39 is 35.3 Å². The monoisotopic (exact) mass is 427 g/mol. The highest BCUT2D eigenvalue weighted by atomic mass is 35.5. The summed E-state index contributed by atoms with van der Waals surface area (Å²) < 4.78 is 22.4. The molecule has 3 atom stereocenters. The molecule has 1 aromatic carbocycles. The molecule has 29 heavy (non-hydrogen) atoms. The van der Waals surface area contributed by atoms with Gasteiger partial charge in [0, 0.05) is 11.6 Å². The van der Waals surface area contributed by atoms with Crippen molar-refractivity contribution in [3.05, 3.63) is 23.8 Å². The highest BCUT2D eigenvalue weighted by Gasteiger charge is 2.50. The first-order chi connectivity index (χ1) is 13.5. The summed E-state index contributed by atoms with van der Waals surface area (Å²) >= 11 is 5.85. The predicted molar refractivity (Wildman–Crippen MR) is 109 cm³/mol. The molecule has 0 spiro atoms. The molecule has 1 heterocycles. The highest BCUT2D eigenvalue weighted by Crippen LogP contribution is 2.43. The number of hydrogen-bond donors (Lipinski definition) is 0. The van der Waals surface area contributed by atoms with Crippen LogP contribution >= 0.6 is 11.6 Å². The first kappa shape index (κ1) is 23.3. The summed E-state index contributed by atoms with van der Waals surface area (Å²) in [5.41, 5.74) is -0.134. The number of halogens is 1. The maximum absolute atomic E-state index is 13.1. The van der Waals surface area contributed by atoms with E-state index in [0.29, 0.717) is 23.5 Å². The van der Waals surface area contributed by atoms with Gasteiger partial charge in [-0.15, -0.1) is 0 Å². The van der Waals surface area contributed by atoms with Crippen LogP contribution in [0.1, 0.15) is 52.8 Å². The van der Waals surface area contributed by atoms with Crippen molar-refractivity contribution in [2.75, 3.05) is 14.2 Å². The van der Waals surface area contributed by atoms with Crippen LogP contribution in [0.15, 0.2) is 18.2 Å². The summed E-state index contributed by atoms with van der Waals surface area (Å²) in [4.78, 5) is 26.7. The molecule has 1 saturated heterocycles. The maximum Gasteiger partial charge on any atom is 0.412 e. The molecule has 1 amide bonds. The van der Waals surface area contributed by atoms with E-state index in [4.69, 9.17) is 30.5 Å². The van der Waals surface area contributed by atoms with Crippen LogP contribution in [0.2, 0.25) is 0 Å². The average molecular weight is 428 g/mol. The third kappa shape index (κ3) is 5.54. The molecule has 1 unspecified atom stereocenters. The quantitative estimate of drug-likeness (QED) is 0.621. The van der Waals surface area contributed by atoms with Crippen molar-refractivity contribution in [2.24, 2.45) is 5.92 Å². The number of benzene rings is 1. The molecule has 8 heteroatoms. The van der Waals surface area contributed by atoms with E-state index in [1.54, 1.807) is 46.1 Å². The molecule has 0 aromatic heterocycles. The van der Waals surface area contributed by atoms with Gasteiger partial charge in [0.25, 0.3) is 5.24 Å². The first-order valence-corrected chi connectivity index (χ1v) is 9.94. The van der Waals surface area contributed by atoms with Gasteiger partial charge in [-0.05, 0) is 56.8 Å². The number of hydrogen-bond acceptors (Lipinski definition) is 6. The number of methoxy groups -OCH3 is 2. The first-order valence-electron chi connectivity index (χ1n) is 9.56. The zero-order chi connectivity index (χ0) is 21.9. The number of rotatable bonds is 6. The third-order valence-electron chi connectivity index (χ3n) is 4.48. The number of carbonyl (C=O) groups excluding carboxylic acids is 2. The smallest absolute Gasteiger partial charge is 0.412 e. The van der Waals surface area contributed by atoms with Gasteiger partial charge in [0.15, 0.2) is 12.3 Å². The molecule has 1 aliphatic rings. The summed E-state index contributed by atoms with van der Waals surface area (Å²) in [5, 5.41) is -0.654. The second-order valence-corrected chi connectivity index (χ2v) is 8.78. The summed E-state index contributed by atoms with van der Waals surface area (Å²) in [6.07, 6.45) is -1.91. The Morgan fingerprint density at radius 2 is 1.86 bits per heavy atom. The van der Waals surface area contributed by atoms with Gasteiger partial charge >= 0.3 is 6.09 Å². The van der Waals surface area contributed by atoms with Gasteiger partial charge in [-0.25, -0.2) is 4.79 Å². The molecule has 162 valence electrons. The summed E-state index contributed by atoms with van der Waals surface area (Å²) in [6.45, 7) is 9.36. The van der Waals surface area contributed by atoms with Crippen LogP contribution in [0.4, 0.5) is 4.79 Å². The Balaban J connectivity index is 2.55. The Kier molecular flexibility index (Phi) is 7.40. The predicted octanol–water partition coefficient (Wildman–Crippen LogP) is 4.52. The SMILES string of the molecule is COc1ccc(C2O[C@@H](C(=O)Cl)[C@H](CC(C)C)N2C(=O)OC(C)(C)C)c(OC)c1. The molecule has 1 aliphatic heterocycles. The van der Waals surface area contributed by atoms with Gasteiger partial charge in [-0.2, -0.15) is 0 Å². The Morgan fingerprint density at radius 1 is 1.21 bits per heavy atom. The van der Waals surface area contributed by atoms with Gasteiger partial charge in [0.05, 0.1) is 20.3 Å². The van der Waals surface area contributed by atoms with Crippen LogP contribution in [0, 0.1) is 5.92 Å². The summed E-state index contributed by atoms with van der Waals surface area (Å²) in [5.74, 6) is 1.26. The summed E-state index contributed by atoms with van der Waals surface area (Å²) in [6, 6.07) is 4.61. The molecule has 1 fully saturated rings. The van der Waals surface area contributed by atoms with Gasteiger partial charge < -0.3 is 18.9 Å². The van der Waals surface area contributed by atoms with E-state index in [-0.39, 0.29) is 5.92 Å². The van der Waals surface area contributed by atoms with Crippen LogP contribution < -0.4 is 9.47 Å². The number of nitrogens with zero attached hydrogens (tertiary/aromatic N) is 1. The van der Waals surface area contributed by atoms with Crippen molar-refractivity contribution in [1.82, 2.24) is 4.90 Å². The molecular weight excluding hydrogens is 398 g/mol. The largest absolute Gasteiger partial charge is 0.497 e. The van der Waals surface area contributed by atoms with Crippen molar-refractivity contribution in [3.8, 4) is 11.5 Å². The number of carbonyl (C=O) groups is 2. The van der Waals surface area contributed by atoms with Gasteiger partial charge in [-0.3, -0.25) is 9.69 Å². The Labute approximate surface area is 177 Å². The standard InChI is InChI=1S/C21H30ClNO6/c1-12(2)10-15-17(18(22)24)28-19(23(15)20(25)29-21(3,4)5)14-9-8-13(26-6)11-16(14)27-7/h8-9,11-12,15,17,19H,10H2,1-7H3/t15-,17+,19?/m0/s1. The van der Waals surface area contributed by atoms with E-state index in [0.717, 1.165) is 0 Å². The molecule has 0 bridgehead atoms. The number of amides is 1. The van der Waals surface area contributed by atoms with Crippen LogP contribution in [0.3, 0.4) is 0 Å². The normalized spacial score (nSPS) is 22.0. The van der Waals surface area contributed by atoms with E-state index >= 15 is 0 Å². The lowest BCUT2D eigenvalue weighted by molar-refractivity contribution is -0.122. The van der Waals surface area contributed by atoms with Crippen molar-refractivity contribution in [3.63, 3.8) is 0 Å². The second-order valence-electron chi connectivity index (χ2n) is 8.41. The molecule has 0 aliphatic carbocycles. The second kappa shape index (κ2) is 9.22. The Hall–Kier alpha value is -1.99. The van der Waals surface area contributed by atoms with Crippen LogP contribution in [0.25, 0.3) is 0 Å². The number of ether oxygens (including phenoxy) is 4. The van der Waals surface area contributed by atoms with Crippen LogP contribution in [0.5, 0.6) is 11.5 Å². The molecule has 1 aromatic rings. The third-order valence-corrected chi connectivity index (χ3v) is 4.70. The lowest BCUT2D eigenvalue weighted by atomic mass is 9.99. The maximum atomic E-state index is 13.1. The fourth-order valence-electron chi connectivity index (χ4n) is 3.33. The van der Waals surface area contributed by atoms with E-state index in [9.17, 15) is 9.59 Å². The minimum Gasteiger partial charge on any atom is -0.497 e. The fourth-order valence-corrected chi connectivity index (χ4v) is 3.53. The van der Waals surface area contributed by atoms with Crippen molar-refractivity contribution < 1.29 is 28.5 Å². The van der Waals surface area contributed by atoms with Gasteiger partial charge in [0.2, 0.25) is 0 Å². The van der Waals surface area contributed by atoms with Crippen LogP contribution in [-0.4, -0.2) is 48.2 Å². The zero-order valence-electron chi connectivity index (χ0n) is 18.0. The highest BCUT2D eigenvalue weighted by molar-refractivity contribution is 6.64. The lowest BCUT2D eigenvalue weighted by Crippen LogP contribution is -2.45. The van der Waals surface area contributed by atoms with E-state index in [2.05, 4.69) is 0 Å². The molecule has 2 rings (SSSR count). The minimum absolute atomic E-state index is 0.198. The molecule has 0 radical (unpaired) electrons. The molecule has 0 saturated carbocycles.